The number of carboxylic acid groups (broad SMARTS) is 1. The van der Waals surface area contributed by atoms with Gasteiger partial charge in [0, 0.05) is 18.3 Å². The Labute approximate surface area is 103 Å². The Morgan fingerprint density at radius 3 is 2.39 bits per heavy atom. The highest BCUT2D eigenvalue weighted by Crippen LogP contribution is 2.09. The van der Waals surface area contributed by atoms with Crippen molar-refractivity contribution in [3.63, 3.8) is 0 Å². The smallest absolute Gasteiger partial charge is 0.352 e. The predicted molar refractivity (Wildman–Crippen MR) is 65.5 cm³/mol. The lowest BCUT2D eigenvalue weighted by Crippen LogP contribution is -2.11. The third kappa shape index (κ3) is 2.40. The SMILES string of the molecule is NC(=O)c1ccc(Cn2cccc2C(=O)O)cc1. The van der Waals surface area contributed by atoms with Crippen LogP contribution in [0.5, 0.6) is 0 Å². The number of hydrogen-bond donors (Lipinski definition) is 2. The first kappa shape index (κ1) is 11.9. The molecule has 1 amide bonds. The third-order valence-electron chi connectivity index (χ3n) is 2.64. The van der Waals surface area contributed by atoms with Gasteiger partial charge >= 0.3 is 5.97 Å². The molecule has 2 aromatic rings. The maximum Gasteiger partial charge on any atom is 0.352 e. The van der Waals surface area contributed by atoms with Crippen LogP contribution in [-0.4, -0.2) is 21.6 Å². The fraction of sp³-hybridized carbons (Fsp3) is 0.0769. The number of aromatic carboxylic acids is 1. The van der Waals surface area contributed by atoms with Gasteiger partial charge in [-0.3, -0.25) is 4.79 Å². The summed E-state index contributed by atoms with van der Waals surface area (Å²) >= 11 is 0. The van der Waals surface area contributed by atoms with Crippen molar-refractivity contribution in [1.82, 2.24) is 4.57 Å². The molecule has 5 nitrogen and oxygen atoms in total. The van der Waals surface area contributed by atoms with Gasteiger partial charge in [-0.25, -0.2) is 4.79 Å². The van der Waals surface area contributed by atoms with E-state index in [1.165, 1.54) is 0 Å². The van der Waals surface area contributed by atoms with E-state index in [-0.39, 0.29) is 5.69 Å². The molecule has 0 radical (unpaired) electrons. The third-order valence-corrected chi connectivity index (χ3v) is 2.64. The zero-order valence-corrected chi connectivity index (χ0v) is 9.54. The van der Waals surface area contributed by atoms with Gasteiger partial charge in [-0.05, 0) is 29.8 Å². The van der Waals surface area contributed by atoms with Gasteiger partial charge in [0.05, 0.1) is 0 Å². The monoisotopic (exact) mass is 244 g/mol. The quantitative estimate of drug-likeness (QED) is 0.850. The van der Waals surface area contributed by atoms with Crippen LogP contribution in [0.25, 0.3) is 0 Å². The topological polar surface area (TPSA) is 85.3 Å². The Hall–Kier alpha value is -2.56. The molecule has 1 heterocycles. The molecular formula is C13H12N2O3. The van der Waals surface area contributed by atoms with E-state index in [0.29, 0.717) is 12.1 Å². The standard InChI is InChI=1S/C13H12N2O3/c14-12(16)10-5-3-9(4-6-10)8-15-7-1-2-11(15)13(17)18/h1-7H,8H2,(H2,14,16)(H,17,18). The summed E-state index contributed by atoms with van der Waals surface area (Å²) in [4.78, 5) is 21.8. The Kier molecular flexibility index (Phi) is 3.14. The summed E-state index contributed by atoms with van der Waals surface area (Å²) in [7, 11) is 0. The summed E-state index contributed by atoms with van der Waals surface area (Å²) in [5.41, 5.74) is 6.71. The van der Waals surface area contributed by atoms with Crippen LogP contribution >= 0.6 is 0 Å². The van der Waals surface area contributed by atoms with E-state index >= 15 is 0 Å². The molecule has 0 fully saturated rings. The Balaban J connectivity index is 2.21. The van der Waals surface area contributed by atoms with E-state index < -0.39 is 11.9 Å². The highest BCUT2D eigenvalue weighted by Gasteiger charge is 2.08. The van der Waals surface area contributed by atoms with Crippen molar-refractivity contribution >= 4 is 11.9 Å². The number of nitrogens with two attached hydrogens (primary N) is 1. The van der Waals surface area contributed by atoms with Crippen molar-refractivity contribution in [2.45, 2.75) is 6.54 Å². The van der Waals surface area contributed by atoms with E-state index in [1.54, 1.807) is 47.2 Å². The normalized spacial score (nSPS) is 10.2. The highest BCUT2D eigenvalue weighted by molar-refractivity contribution is 5.92. The van der Waals surface area contributed by atoms with E-state index in [9.17, 15) is 9.59 Å². The Morgan fingerprint density at radius 1 is 1.17 bits per heavy atom. The van der Waals surface area contributed by atoms with Crippen molar-refractivity contribution < 1.29 is 14.7 Å². The summed E-state index contributed by atoms with van der Waals surface area (Å²) in [5, 5.41) is 8.97. The minimum Gasteiger partial charge on any atom is -0.477 e. The van der Waals surface area contributed by atoms with Crippen molar-refractivity contribution in [3.05, 3.63) is 59.4 Å². The molecule has 0 atom stereocenters. The Morgan fingerprint density at radius 2 is 1.83 bits per heavy atom. The summed E-state index contributed by atoms with van der Waals surface area (Å²) < 4.78 is 1.63. The Bertz CT molecular complexity index is 585. The number of primary amides is 1. The van der Waals surface area contributed by atoms with Gasteiger partial charge in [-0.15, -0.1) is 0 Å². The van der Waals surface area contributed by atoms with Gasteiger partial charge in [0.25, 0.3) is 0 Å². The summed E-state index contributed by atoms with van der Waals surface area (Å²) in [6.07, 6.45) is 1.70. The van der Waals surface area contributed by atoms with Gasteiger partial charge in [0.15, 0.2) is 0 Å². The fourth-order valence-corrected chi connectivity index (χ4v) is 1.72. The van der Waals surface area contributed by atoms with E-state index in [4.69, 9.17) is 10.8 Å². The van der Waals surface area contributed by atoms with Crippen molar-refractivity contribution in [1.29, 1.82) is 0 Å². The average molecular weight is 244 g/mol. The number of carbonyl (C=O) groups excluding carboxylic acids is 1. The van der Waals surface area contributed by atoms with Crippen molar-refractivity contribution in [2.24, 2.45) is 5.73 Å². The second kappa shape index (κ2) is 4.75. The lowest BCUT2D eigenvalue weighted by molar-refractivity contribution is 0.0685. The summed E-state index contributed by atoms with van der Waals surface area (Å²) in [6.45, 7) is 0.438. The minimum absolute atomic E-state index is 0.231. The van der Waals surface area contributed by atoms with E-state index in [2.05, 4.69) is 0 Å². The van der Waals surface area contributed by atoms with Crippen LogP contribution in [0.4, 0.5) is 0 Å². The van der Waals surface area contributed by atoms with Crippen LogP contribution in [0.1, 0.15) is 26.4 Å². The van der Waals surface area contributed by atoms with Gasteiger partial charge < -0.3 is 15.4 Å². The van der Waals surface area contributed by atoms with Crippen LogP contribution in [0, 0.1) is 0 Å². The van der Waals surface area contributed by atoms with Crippen molar-refractivity contribution in [3.8, 4) is 0 Å². The number of hydrogen-bond acceptors (Lipinski definition) is 2. The molecule has 0 aliphatic carbocycles. The highest BCUT2D eigenvalue weighted by atomic mass is 16.4. The van der Waals surface area contributed by atoms with Crippen LogP contribution in [0.15, 0.2) is 42.6 Å². The number of aromatic nitrogens is 1. The molecule has 3 N–H and O–H groups in total. The van der Waals surface area contributed by atoms with E-state index in [0.717, 1.165) is 5.56 Å². The number of amides is 1. The van der Waals surface area contributed by atoms with Gasteiger partial charge in [-0.1, -0.05) is 12.1 Å². The number of nitrogens with zero attached hydrogens (tertiary/aromatic N) is 1. The first-order chi connectivity index (χ1) is 8.58. The van der Waals surface area contributed by atoms with Crippen LogP contribution in [-0.2, 0) is 6.54 Å². The first-order valence-electron chi connectivity index (χ1n) is 5.35. The fourth-order valence-electron chi connectivity index (χ4n) is 1.72. The zero-order valence-electron chi connectivity index (χ0n) is 9.54. The zero-order chi connectivity index (χ0) is 13.1. The molecule has 0 aliphatic rings. The van der Waals surface area contributed by atoms with Gasteiger partial charge in [0.2, 0.25) is 5.91 Å². The molecule has 0 saturated carbocycles. The molecule has 0 saturated heterocycles. The van der Waals surface area contributed by atoms with Crippen LogP contribution < -0.4 is 5.73 Å². The molecule has 5 heteroatoms. The lowest BCUT2D eigenvalue weighted by atomic mass is 10.1. The summed E-state index contributed by atoms with van der Waals surface area (Å²) in [5.74, 6) is -1.44. The van der Waals surface area contributed by atoms with E-state index in [1.807, 2.05) is 0 Å². The molecule has 0 spiro atoms. The second-order valence-electron chi connectivity index (χ2n) is 3.89. The molecule has 0 bridgehead atoms. The predicted octanol–water partition coefficient (Wildman–Crippen LogP) is 1.33. The largest absolute Gasteiger partial charge is 0.477 e. The maximum atomic E-state index is 10.9. The minimum atomic E-state index is -0.964. The molecule has 92 valence electrons. The molecule has 0 unspecified atom stereocenters. The van der Waals surface area contributed by atoms with Crippen LogP contribution in [0.3, 0.4) is 0 Å². The van der Waals surface area contributed by atoms with Gasteiger partial charge in [0.1, 0.15) is 5.69 Å². The van der Waals surface area contributed by atoms with Crippen LogP contribution in [0.2, 0.25) is 0 Å². The number of rotatable bonds is 4. The first-order valence-corrected chi connectivity index (χ1v) is 5.35. The maximum absolute atomic E-state index is 10.9. The molecule has 1 aromatic carbocycles. The lowest BCUT2D eigenvalue weighted by Gasteiger charge is -2.06. The molecule has 2 rings (SSSR count). The average Bonchev–Trinajstić information content (AvgIpc) is 2.78. The number of carbonyl (C=O) groups is 2. The molecule has 18 heavy (non-hydrogen) atoms. The number of benzene rings is 1. The van der Waals surface area contributed by atoms with Crippen molar-refractivity contribution in [2.75, 3.05) is 0 Å². The number of carboxylic acids is 1. The summed E-state index contributed by atoms with van der Waals surface area (Å²) in [6, 6.07) is 9.99. The van der Waals surface area contributed by atoms with Gasteiger partial charge in [-0.2, -0.15) is 0 Å². The molecule has 0 aliphatic heterocycles. The molecular weight excluding hydrogens is 232 g/mol. The second-order valence-corrected chi connectivity index (χ2v) is 3.89. The molecule has 1 aromatic heterocycles.